The fourth-order valence-corrected chi connectivity index (χ4v) is 2.57. The number of benzene rings is 2. The van der Waals surface area contributed by atoms with Crippen molar-refractivity contribution in [3.8, 4) is 0 Å². The molecule has 1 fully saturated rings. The fraction of sp³-hybridized carbons (Fsp3) is 0.316. The summed E-state index contributed by atoms with van der Waals surface area (Å²) in [5, 5.41) is 6.58. The van der Waals surface area contributed by atoms with Crippen molar-refractivity contribution in [2.75, 3.05) is 0 Å². The molecule has 0 heterocycles. The summed E-state index contributed by atoms with van der Waals surface area (Å²) in [6, 6.07) is 20.3. The summed E-state index contributed by atoms with van der Waals surface area (Å²) >= 11 is 0. The minimum absolute atomic E-state index is 0.0662. The molecule has 0 aromatic heterocycles. The van der Waals surface area contributed by atoms with Gasteiger partial charge in [-0.15, -0.1) is 0 Å². The number of carbonyl (C=O) groups is 1. The fourth-order valence-electron chi connectivity index (χ4n) is 2.57. The highest BCUT2D eigenvalue weighted by Crippen LogP contribution is 2.23. The first-order valence-electron chi connectivity index (χ1n) is 7.90. The molecule has 2 aromatic carbocycles. The summed E-state index contributed by atoms with van der Waals surface area (Å²) < 4.78 is 0. The lowest BCUT2D eigenvalue weighted by Crippen LogP contribution is -2.39. The molecule has 0 spiro atoms. The average Bonchev–Trinajstić information content (AvgIpc) is 3.38. The van der Waals surface area contributed by atoms with Gasteiger partial charge in [-0.1, -0.05) is 60.7 Å². The van der Waals surface area contributed by atoms with Crippen molar-refractivity contribution in [1.29, 1.82) is 0 Å². The van der Waals surface area contributed by atoms with Crippen molar-refractivity contribution in [1.82, 2.24) is 10.6 Å². The molecule has 2 aromatic rings. The van der Waals surface area contributed by atoms with Crippen molar-refractivity contribution in [2.24, 2.45) is 0 Å². The zero-order valence-corrected chi connectivity index (χ0v) is 12.8. The normalized spacial score (nSPS) is 16.8. The predicted molar refractivity (Wildman–Crippen MR) is 88.3 cm³/mol. The zero-order chi connectivity index (χ0) is 15.4. The molecule has 22 heavy (non-hydrogen) atoms. The van der Waals surface area contributed by atoms with Crippen LogP contribution in [0.2, 0.25) is 0 Å². The molecule has 3 rings (SSSR count). The van der Waals surface area contributed by atoms with Gasteiger partial charge in [-0.3, -0.25) is 10.1 Å². The number of nitrogens with one attached hydrogen (secondary N) is 2. The predicted octanol–water partition coefficient (Wildman–Crippen LogP) is 3.36. The first kappa shape index (κ1) is 14.8. The first-order valence-corrected chi connectivity index (χ1v) is 7.90. The summed E-state index contributed by atoms with van der Waals surface area (Å²) in [6.07, 6.45) is 2.20. The number of carbonyl (C=O) groups excluding carboxylic acids is 1. The van der Waals surface area contributed by atoms with Crippen molar-refractivity contribution in [3.05, 3.63) is 71.8 Å². The van der Waals surface area contributed by atoms with E-state index in [0.29, 0.717) is 6.04 Å². The van der Waals surface area contributed by atoms with Gasteiger partial charge >= 0.3 is 0 Å². The second-order valence-corrected chi connectivity index (χ2v) is 5.93. The highest BCUT2D eigenvalue weighted by Gasteiger charge is 2.29. The van der Waals surface area contributed by atoms with Crippen LogP contribution in [0, 0.1) is 0 Å². The topological polar surface area (TPSA) is 41.1 Å². The van der Waals surface area contributed by atoms with Crippen molar-refractivity contribution in [3.63, 3.8) is 0 Å². The molecular weight excluding hydrogens is 272 g/mol. The molecule has 3 nitrogen and oxygen atoms in total. The lowest BCUT2D eigenvalue weighted by molar-refractivity contribution is -0.123. The van der Waals surface area contributed by atoms with E-state index < -0.39 is 0 Å². The van der Waals surface area contributed by atoms with E-state index in [1.54, 1.807) is 0 Å². The largest absolute Gasteiger partial charge is 0.352 e. The molecule has 114 valence electrons. The third kappa shape index (κ3) is 3.74. The summed E-state index contributed by atoms with van der Waals surface area (Å²) in [6.45, 7) is 2.09. The van der Waals surface area contributed by atoms with Gasteiger partial charge in [0.25, 0.3) is 0 Å². The van der Waals surface area contributed by atoms with E-state index in [9.17, 15) is 4.79 Å². The summed E-state index contributed by atoms with van der Waals surface area (Å²) in [7, 11) is 0. The van der Waals surface area contributed by atoms with Gasteiger partial charge in [0.2, 0.25) is 5.91 Å². The first-order chi connectivity index (χ1) is 10.7. The second-order valence-electron chi connectivity index (χ2n) is 5.93. The third-order valence-corrected chi connectivity index (χ3v) is 4.04. The summed E-state index contributed by atoms with van der Waals surface area (Å²) in [4.78, 5) is 12.6. The van der Waals surface area contributed by atoms with Gasteiger partial charge in [0.15, 0.2) is 0 Å². The summed E-state index contributed by atoms with van der Waals surface area (Å²) in [5.41, 5.74) is 2.19. The maximum Gasteiger partial charge on any atom is 0.241 e. The van der Waals surface area contributed by atoms with Crippen LogP contribution in [0.15, 0.2) is 60.7 Å². The van der Waals surface area contributed by atoms with Gasteiger partial charge in [0, 0.05) is 12.1 Å². The van der Waals surface area contributed by atoms with Gasteiger partial charge in [-0.05, 0) is 30.9 Å². The van der Waals surface area contributed by atoms with Crippen molar-refractivity contribution >= 4 is 5.91 Å². The van der Waals surface area contributed by atoms with E-state index in [1.165, 1.54) is 5.56 Å². The van der Waals surface area contributed by atoms with Crippen molar-refractivity contribution < 1.29 is 4.79 Å². The van der Waals surface area contributed by atoms with Crippen LogP contribution in [0.25, 0.3) is 0 Å². The van der Waals surface area contributed by atoms with Gasteiger partial charge in [0.05, 0.1) is 0 Å². The maximum absolute atomic E-state index is 12.6. The molecule has 1 aliphatic rings. The van der Waals surface area contributed by atoms with Crippen LogP contribution in [0.1, 0.15) is 43.0 Å². The Bertz CT molecular complexity index is 608. The van der Waals surface area contributed by atoms with Gasteiger partial charge in [-0.2, -0.15) is 0 Å². The Morgan fingerprint density at radius 2 is 1.50 bits per heavy atom. The standard InChI is InChI=1S/C19H22N2O/c1-14(15-8-4-2-5-9-15)20-18(16-10-6-3-7-11-16)19(22)21-17-12-13-17/h2-11,14,17-18,20H,12-13H2,1H3,(H,21,22)/t14-,18-/m1/s1. The second kappa shape index (κ2) is 6.75. The quantitative estimate of drug-likeness (QED) is 0.858. The van der Waals surface area contributed by atoms with E-state index in [4.69, 9.17) is 0 Å². The Labute approximate surface area is 131 Å². The zero-order valence-electron chi connectivity index (χ0n) is 12.8. The van der Waals surface area contributed by atoms with Crippen LogP contribution in [-0.4, -0.2) is 11.9 Å². The molecule has 1 amide bonds. The van der Waals surface area contributed by atoms with E-state index >= 15 is 0 Å². The molecule has 0 radical (unpaired) electrons. The number of rotatable bonds is 6. The smallest absolute Gasteiger partial charge is 0.241 e. The van der Waals surface area contributed by atoms with Crippen LogP contribution in [0.3, 0.4) is 0 Å². The van der Waals surface area contributed by atoms with E-state index in [0.717, 1.165) is 18.4 Å². The molecular formula is C19H22N2O. The lowest BCUT2D eigenvalue weighted by Gasteiger charge is -2.23. The van der Waals surface area contributed by atoms with Gasteiger partial charge in [0.1, 0.15) is 6.04 Å². The van der Waals surface area contributed by atoms with Crippen molar-refractivity contribution in [2.45, 2.75) is 37.9 Å². The monoisotopic (exact) mass is 294 g/mol. The summed E-state index contributed by atoms with van der Waals surface area (Å²) in [5.74, 6) is 0.0662. The molecule has 0 bridgehead atoms. The van der Waals surface area contributed by atoms with E-state index in [-0.39, 0.29) is 18.0 Å². The molecule has 3 heteroatoms. The molecule has 0 saturated heterocycles. The Balaban J connectivity index is 1.77. The lowest BCUT2D eigenvalue weighted by atomic mass is 10.0. The maximum atomic E-state index is 12.6. The van der Waals surface area contributed by atoms with Gasteiger partial charge < -0.3 is 5.32 Å². The Morgan fingerprint density at radius 1 is 0.955 bits per heavy atom. The van der Waals surface area contributed by atoms with E-state index in [1.807, 2.05) is 48.5 Å². The van der Waals surface area contributed by atoms with E-state index in [2.05, 4.69) is 29.7 Å². The average molecular weight is 294 g/mol. The number of amides is 1. The molecule has 1 saturated carbocycles. The Hall–Kier alpha value is -2.13. The number of hydrogen-bond acceptors (Lipinski definition) is 2. The van der Waals surface area contributed by atoms with Crippen LogP contribution >= 0.6 is 0 Å². The Kier molecular flexibility index (Phi) is 4.54. The molecule has 0 unspecified atom stereocenters. The third-order valence-electron chi connectivity index (χ3n) is 4.04. The molecule has 0 aliphatic heterocycles. The van der Waals surface area contributed by atoms with Crippen LogP contribution < -0.4 is 10.6 Å². The molecule has 1 aliphatic carbocycles. The highest BCUT2D eigenvalue weighted by molar-refractivity contribution is 5.83. The minimum atomic E-state index is -0.322. The van der Waals surface area contributed by atoms with Gasteiger partial charge in [-0.25, -0.2) is 0 Å². The van der Waals surface area contributed by atoms with Crippen LogP contribution in [0.5, 0.6) is 0 Å². The SMILES string of the molecule is C[C@@H](N[C@@H](C(=O)NC1CC1)c1ccccc1)c1ccccc1. The molecule has 2 atom stereocenters. The highest BCUT2D eigenvalue weighted by atomic mass is 16.2. The minimum Gasteiger partial charge on any atom is -0.352 e. The van der Waals surface area contributed by atoms with Crippen LogP contribution in [-0.2, 0) is 4.79 Å². The van der Waals surface area contributed by atoms with Crippen LogP contribution in [0.4, 0.5) is 0 Å². The Morgan fingerprint density at radius 3 is 2.05 bits per heavy atom. The molecule has 2 N–H and O–H groups in total. The number of hydrogen-bond donors (Lipinski definition) is 2.